The van der Waals surface area contributed by atoms with Gasteiger partial charge < -0.3 is 9.84 Å². The lowest BCUT2D eigenvalue weighted by Gasteiger charge is -2.32. The Labute approximate surface area is 142 Å². The Bertz CT molecular complexity index is 580. The van der Waals surface area contributed by atoms with Crippen molar-refractivity contribution < 1.29 is 9.32 Å². The largest absolute Gasteiger partial charge is 0.361 e. The van der Waals surface area contributed by atoms with Crippen LogP contribution in [-0.2, 0) is 10.5 Å². The summed E-state index contributed by atoms with van der Waals surface area (Å²) >= 11 is 1.66. The fourth-order valence-corrected chi connectivity index (χ4v) is 6.42. The normalized spacial score (nSPS) is 34.8. The van der Waals surface area contributed by atoms with Crippen LogP contribution < -0.4 is 5.32 Å². The number of nitrogens with one attached hydrogen (secondary N) is 1. The average Bonchev–Trinajstić information content (AvgIpc) is 3.24. The van der Waals surface area contributed by atoms with Crippen molar-refractivity contribution in [2.75, 3.05) is 5.75 Å². The van der Waals surface area contributed by atoms with Gasteiger partial charge in [0.25, 0.3) is 0 Å². The summed E-state index contributed by atoms with van der Waals surface area (Å²) in [6.45, 7) is 3.89. The van der Waals surface area contributed by atoms with Gasteiger partial charge in [-0.1, -0.05) is 11.6 Å². The molecule has 2 bridgehead atoms. The Morgan fingerprint density at radius 3 is 2.87 bits per heavy atom. The number of aromatic nitrogens is 1. The smallest absolute Gasteiger partial charge is 0.230 e. The molecule has 1 aromatic heterocycles. The van der Waals surface area contributed by atoms with E-state index >= 15 is 0 Å². The van der Waals surface area contributed by atoms with E-state index in [-0.39, 0.29) is 5.91 Å². The fourth-order valence-electron chi connectivity index (χ4n) is 5.44. The zero-order chi connectivity index (χ0) is 16.0. The Morgan fingerprint density at radius 2 is 2.09 bits per heavy atom. The van der Waals surface area contributed by atoms with Crippen molar-refractivity contribution in [1.29, 1.82) is 0 Å². The topological polar surface area (TPSA) is 55.1 Å². The molecule has 4 rings (SSSR count). The first kappa shape index (κ1) is 15.6. The number of amides is 1. The van der Waals surface area contributed by atoms with Crippen molar-refractivity contribution in [1.82, 2.24) is 10.5 Å². The lowest BCUT2D eigenvalue weighted by Crippen LogP contribution is -2.43. The number of carbonyl (C=O) groups is 1. The second-order valence-corrected chi connectivity index (χ2v) is 8.61. The second kappa shape index (κ2) is 6.15. The van der Waals surface area contributed by atoms with E-state index in [1.165, 1.54) is 32.1 Å². The van der Waals surface area contributed by atoms with Crippen molar-refractivity contribution >= 4 is 17.7 Å². The zero-order valence-corrected chi connectivity index (χ0v) is 14.8. The van der Waals surface area contributed by atoms with E-state index in [2.05, 4.69) is 10.5 Å². The van der Waals surface area contributed by atoms with E-state index in [1.807, 2.05) is 13.8 Å². The Hall–Kier alpha value is -0.970. The monoisotopic (exact) mass is 334 g/mol. The molecular weight excluding hydrogens is 308 g/mol. The number of aryl methyl sites for hydroxylation is 2. The van der Waals surface area contributed by atoms with Crippen LogP contribution in [0.5, 0.6) is 0 Å². The molecule has 4 nitrogen and oxygen atoms in total. The number of fused-ring (bicyclic) bond motifs is 5. The molecule has 3 saturated carbocycles. The van der Waals surface area contributed by atoms with Crippen LogP contribution in [0.3, 0.4) is 0 Å². The van der Waals surface area contributed by atoms with E-state index in [1.54, 1.807) is 11.8 Å². The van der Waals surface area contributed by atoms with Gasteiger partial charge in [0, 0.05) is 17.4 Å². The minimum absolute atomic E-state index is 0.203. The van der Waals surface area contributed by atoms with Crippen LogP contribution in [0.2, 0.25) is 0 Å². The number of hydrogen-bond acceptors (Lipinski definition) is 4. The van der Waals surface area contributed by atoms with Crippen molar-refractivity contribution in [2.45, 2.75) is 57.7 Å². The summed E-state index contributed by atoms with van der Waals surface area (Å²) in [6.07, 6.45) is 6.85. The molecule has 1 heterocycles. The number of hydrogen-bond donors (Lipinski definition) is 1. The Balaban J connectivity index is 1.25. The lowest BCUT2D eigenvalue weighted by atomic mass is 9.79. The van der Waals surface area contributed by atoms with Gasteiger partial charge in [-0.05, 0) is 63.2 Å². The van der Waals surface area contributed by atoms with Crippen molar-refractivity contribution in [3.8, 4) is 0 Å². The minimum Gasteiger partial charge on any atom is -0.361 e. The van der Waals surface area contributed by atoms with E-state index in [0.29, 0.717) is 11.8 Å². The van der Waals surface area contributed by atoms with E-state index in [9.17, 15) is 4.79 Å². The maximum atomic E-state index is 12.3. The van der Waals surface area contributed by atoms with E-state index < -0.39 is 0 Å². The summed E-state index contributed by atoms with van der Waals surface area (Å²) in [7, 11) is 0. The summed E-state index contributed by atoms with van der Waals surface area (Å²) in [5.74, 6) is 5.97. The summed E-state index contributed by atoms with van der Waals surface area (Å²) in [5, 5.41) is 7.30. The zero-order valence-electron chi connectivity index (χ0n) is 14.0. The summed E-state index contributed by atoms with van der Waals surface area (Å²) in [6, 6.07) is 0.450. The number of thioether (sulfide) groups is 1. The molecule has 5 atom stereocenters. The van der Waals surface area contributed by atoms with Crippen LogP contribution in [-0.4, -0.2) is 22.9 Å². The molecule has 0 spiro atoms. The highest BCUT2D eigenvalue weighted by atomic mass is 32.2. The van der Waals surface area contributed by atoms with Gasteiger partial charge in [0.05, 0.1) is 11.4 Å². The van der Waals surface area contributed by atoms with Crippen molar-refractivity contribution in [3.63, 3.8) is 0 Å². The van der Waals surface area contributed by atoms with Gasteiger partial charge in [0.1, 0.15) is 5.76 Å². The average molecular weight is 334 g/mol. The molecule has 126 valence electrons. The highest BCUT2D eigenvalue weighted by Crippen LogP contribution is 2.58. The highest BCUT2D eigenvalue weighted by molar-refractivity contribution is 7.99. The third-order valence-electron chi connectivity index (χ3n) is 6.44. The SMILES string of the molecule is Cc1noc(C)c1CSCC(=O)N[C@@H]1C[C@H]2C[C@H]1[C@@H]1CCC[C@@H]21. The quantitative estimate of drug-likeness (QED) is 0.896. The Morgan fingerprint density at radius 1 is 1.26 bits per heavy atom. The lowest BCUT2D eigenvalue weighted by molar-refractivity contribution is -0.119. The first-order valence-electron chi connectivity index (χ1n) is 8.92. The predicted octanol–water partition coefficient (Wildman–Crippen LogP) is 3.47. The summed E-state index contributed by atoms with van der Waals surface area (Å²) in [5.41, 5.74) is 2.08. The third kappa shape index (κ3) is 2.81. The van der Waals surface area contributed by atoms with Gasteiger partial charge in [0.2, 0.25) is 5.91 Å². The molecule has 0 aromatic carbocycles. The van der Waals surface area contributed by atoms with E-state index in [4.69, 9.17) is 4.52 Å². The molecule has 3 aliphatic rings. The molecule has 0 saturated heterocycles. The minimum atomic E-state index is 0.203. The number of carbonyl (C=O) groups excluding carboxylic acids is 1. The van der Waals surface area contributed by atoms with Crippen LogP contribution >= 0.6 is 11.8 Å². The maximum Gasteiger partial charge on any atom is 0.230 e. The molecular formula is C18H26N2O2S. The molecule has 0 unspecified atom stereocenters. The molecule has 1 amide bonds. The highest BCUT2D eigenvalue weighted by Gasteiger charge is 2.53. The molecule has 1 aromatic rings. The van der Waals surface area contributed by atoms with Crippen molar-refractivity contribution in [3.05, 3.63) is 17.0 Å². The molecule has 0 aliphatic heterocycles. The number of rotatable bonds is 5. The summed E-state index contributed by atoms with van der Waals surface area (Å²) in [4.78, 5) is 12.3. The van der Waals surface area contributed by atoms with Crippen LogP contribution in [0.4, 0.5) is 0 Å². The first-order chi connectivity index (χ1) is 11.1. The molecule has 3 fully saturated rings. The van der Waals surface area contributed by atoms with Gasteiger partial charge in [-0.15, -0.1) is 11.8 Å². The third-order valence-corrected chi connectivity index (χ3v) is 7.39. The Kier molecular flexibility index (Phi) is 4.16. The molecule has 3 aliphatic carbocycles. The second-order valence-electron chi connectivity index (χ2n) is 7.62. The van der Waals surface area contributed by atoms with Crippen LogP contribution in [0.15, 0.2) is 4.52 Å². The van der Waals surface area contributed by atoms with Gasteiger partial charge in [-0.25, -0.2) is 0 Å². The predicted molar refractivity (Wildman–Crippen MR) is 91.1 cm³/mol. The maximum absolute atomic E-state index is 12.3. The molecule has 5 heteroatoms. The van der Waals surface area contributed by atoms with Gasteiger partial charge in [-0.3, -0.25) is 4.79 Å². The van der Waals surface area contributed by atoms with Crippen LogP contribution in [0, 0.1) is 37.5 Å². The van der Waals surface area contributed by atoms with Gasteiger partial charge in [-0.2, -0.15) is 0 Å². The van der Waals surface area contributed by atoms with Crippen LogP contribution in [0.1, 0.15) is 49.1 Å². The summed E-state index contributed by atoms with van der Waals surface area (Å²) < 4.78 is 5.17. The molecule has 1 N–H and O–H groups in total. The van der Waals surface area contributed by atoms with Crippen molar-refractivity contribution in [2.24, 2.45) is 23.7 Å². The van der Waals surface area contributed by atoms with E-state index in [0.717, 1.165) is 46.4 Å². The number of nitrogens with zero attached hydrogens (tertiary/aromatic N) is 1. The first-order valence-corrected chi connectivity index (χ1v) is 10.1. The van der Waals surface area contributed by atoms with Gasteiger partial charge >= 0.3 is 0 Å². The molecule has 23 heavy (non-hydrogen) atoms. The fraction of sp³-hybridized carbons (Fsp3) is 0.778. The van der Waals surface area contributed by atoms with Gasteiger partial charge in [0.15, 0.2) is 0 Å². The molecule has 0 radical (unpaired) electrons. The standard InChI is InChI=1S/C18H26N2O2S/c1-10-16(11(2)22-20-10)8-23-9-18(21)19-17-7-12-6-15(17)14-5-3-4-13(12)14/h12-15,17H,3-9H2,1-2H3,(H,19,21)/t12-,13+,14-,15+,17-/m1/s1. The van der Waals surface area contributed by atoms with Crippen LogP contribution in [0.25, 0.3) is 0 Å².